The molecule has 1 heterocycles. The molecule has 5 heteroatoms. The zero-order chi connectivity index (χ0) is 16.9. The SMILES string of the molecule is CC1c2ccccc2SC(c2ccccc2OCCCCBr)N1[O-]. The molecule has 0 bridgehead atoms. The number of fused-ring (bicyclic) bond motifs is 1. The van der Waals surface area contributed by atoms with E-state index in [1.54, 1.807) is 11.8 Å². The predicted octanol–water partition coefficient (Wildman–Crippen LogP) is 5.91. The summed E-state index contributed by atoms with van der Waals surface area (Å²) in [5.74, 6) is 0.817. The van der Waals surface area contributed by atoms with Crippen molar-refractivity contribution in [3.05, 3.63) is 64.9 Å². The third-order valence-corrected chi connectivity index (χ3v) is 6.06. The van der Waals surface area contributed by atoms with E-state index in [0.29, 0.717) is 6.61 Å². The van der Waals surface area contributed by atoms with Crippen LogP contribution in [0.15, 0.2) is 53.4 Å². The van der Waals surface area contributed by atoms with Crippen molar-refractivity contribution in [1.29, 1.82) is 0 Å². The van der Waals surface area contributed by atoms with E-state index in [1.165, 1.54) is 9.96 Å². The van der Waals surface area contributed by atoms with Crippen molar-refractivity contribution in [3.8, 4) is 5.75 Å². The van der Waals surface area contributed by atoms with Crippen molar-refractivity contribution >= 4 is 27.7 Å². The van der Waals surface area contributed by atoms with E-state index in [4.69, 9.17) is 4.74 Å². The minimum Gasteiger partial charge on any atom is -0.784 e. The molecule has 2 atom stereocenters. The van der Waals surface area contributed by atoms with Gasteiger partial charge in [0.25, 0.3) is 0 Å². The van der Waals surface area contributed by atoms with Crippen LogP contribution in [0.2, 0.25) is 0 Å². The summed E-state index contributed by atoms with van der Waals surface area (Å²) in [6, 6.07) is 15.9. The van der Waals surface area contributed by atoms with Gasteiger partial charge in [0.15, 0.2) is 0 Å². The lowest BCUT2D eigenvalue weighted by molar-refractivity contribution is 0.260. The number of nitrogens with zero attached hydrogens (tertiary/aromatic N) is 1. The number of alkyl halides is 1. The number of ether oxygens (including phenoxy) is 1. The van der Waals surface area contributed by atoms with Crippen molar-refractivity contribution in [2.24, 2.45) is 0 Å². The number of halogens is 1. The highest BCUT2D eigenvalue weighted by Gasteiger charge is 2.29. The van der Waals surface area contributed by atoms with Gasteiger partial charge in [0.1, 0.15) is 5.75 Å². The van der Waals surface area contributed by atoms with E-state index in [9.17, 15) is 5.21 Å². The Morgan fingerprint density at radius 3 is 2.58 bits per heavy atom. The van der Waals surface area contributed by atoms with Crippen LogP contribution in [-0.4, -0.2) is 17.0 Å². The van der Waals surface area contributed by atoms with Gasteiger partial charge in [0.2, 0.25) is 0 Å². The molecule has 2 unspecified atom stereocenters. The molecule has 128 valence electrons. The highest BCUT2D eigenvalue weighted by atomic mass is 79.9. The molecule has 3 rings (SSSR count). The van der Waals surface area contributed by atoms with E-state index in [2.05, 4.69) is 22.0 Å². The first kappa shape index (κ1) is 17.8. The maximum atomic E-state index is 12.9. The molecule has 0 radical (unpaired) electrons. The largest absolute Gasteiger partial charge is 0.784 e. The lowest BCUT2D eigenvalue weighted by Gasteiger charge is -2.46. The monoisotopic (exact) mass is 406 g/mol. The second kappa shape index (κ2) is 8.39. The smallest absolute Gasteiger partial charge is 0.124 e. The van der Waals surface area contributed by atoms with Gasteiger partial charge in [-0.05, 0) is 37.5 Å². The maximum Gasteiger partial charge on any atom is 0.124 e. The molecule has 0 aromatic heterocycles. The quantitative estimate of drug-likeness (QED) is 0.441. The molecular weight excluding hydrogens is 386 g/mol. The topological polar surface area (TPSA) is 35.5 Å². The third-order valence-electron chi connectivity index (χ3n) is 4.19. The summed E-state index contributed by atoms with van der Waals surface area (Å²) in [6.07, 6.45) is 2.08. The Hall–Kier alpha value is -1.01. The van der Waals surface area contributed by atoms with Gasteiger partial charge < -0.3 is 15.0 Å². The average molecular weight is 407 g/mol. The second-order valence-electron chi connectivity index (χ2n) is 5.83. The van der Waals surface area contributed by atoms with Gasteiger partial charge in [0, 0.05) is 21.8 Å². The highest BCUT2D eigenvalue weighted by molar-refractivity contribution is 9.09. The van der Waals surface area contributed by atoms with Crippen LogP contribution in [0.3, 0.4) is 0 Å². The molecule has 3 nitrogen and oxygen atoms in total. The fourth-order valence-corrected chi connectivity index (χ4v) is 4.62. The molecule has 0 amide bonds. The summed E-state index contributed by atoms with van der Waals surface area (Å²) in [4.78, 5) is 1.18. The van der Waals surface area contributed by atoms with Gasteiger partial charge in [-0.15, -0.1) is 11.8 Å². The second-order valence-corrected chi connectivity index (χ2v) is 7.74. The van der Waals surface area contributed by atoms with Gasteiger partial charge in [-0.1, -0.05) is 52.3 Å². The van der Waals surface area contributed by atoms with Gasteiger partial charge >= 0.3 is 0 Å². The Kier molecular flexibility index (Phi) is 6.22. The fraction of sp³-hybridized carbons (Fsp3) is 0.368. The fourth-order valence-electron chi connectivity index (χ4n) is 2.84. The number of benzene rings is 2. The summed E-state index contributed by atoms with van der Waals surface area (Å²) in [5, 5.41) is 14.7. The number of unbranched alkanes of at least 4 members (excludes halogenated alkanes) is 1. The van der Waals surface area contributed by atoms with Gasteiger partial charge in [0.05, 0.1) is 12.0 Å². The summed E-state index contributed by atoms with van der Waals surface area (Å²) in [7, 11) is 0. The van der Waals surface area contributed by atoms with Crippen molar-refractivity contribution < 1.29 is 4.74 Å². The van der Waals surface area contributed by atoms with Crippen LogP contribution in [0.5, 0.6) is 5.75 Å². The first-order valence-electron chi connectivity index (χ1n) is 8.21. The highest BCUT2D eigenvalue weighted by Crippen LogP contribution is 2.50. The molecule has 24 heavy (non-hydrogen) atoms. The van der Waals surface area contributed by atoms with Crippen molar-refractivity contribution in [2.75, 3.05) is 11.9 Å². The lowest BCUT2D eigenvalue weighted by atomic mass is 10.1. The van der Waals surface area contributed by atoms with Crippen LogP contribution in [-0.2, 0) is 0 Å². The molecule has 0 N–H and O–H groups in total. The normalized spacial score (nSPS) is 20.6. The van der Waals surface area contributed by atoms with E-state index >= 15 is 0 Å². The Bertz CT molecular complexity index is 682. The summed E-state index contributed by atoms with van der Waals surface area (Å²) in [5.41, 5.74) is 2.06. The minimum atomic E-state index is -0.276. The van der Waals surface area contributed by atoms with Crippen LogP contribution in [0.25, 0.3) is 0 Å². The van der Waals surface area contributed by atoms with Gasteiger partial charge in [-0.3, -0.25) is 0 Å². The van der Waals surface area contributed by atoms with E-state index in [1.807, 2.05) is 49.4 Å². The zero-order valence-electron chi connectivity index (χ0n) is 13.7. The molecule has 0 fully saturated rings. The Balaban J connectivity index is 1.84. The molecule has 1 aliphatic rings. The van der Waals surface area contributed by atoms with Crippen molar-refractivity contribution in [3.63, 3.8) is 0 Å². The van der Waals surface area contributed by atoms with E-state index in [-0.39, 0.29) is 11.4 Å². The van der Waals surface area contributed by atoms with Crippen LogP contribution in [0.4, 0.5) is 0 Å². The first-order chi connectivity index (χ1) is 11.7. The van der Waals surface area contributed by atoms with Crippen LogP contribution >= 0.6 is 27.7 Å². The molecule has 0 saturated heterocycles. The standard InChI is InChI=1S/C19H21BrNO2S/c1-14-15-8-3-5-11-18(15)24-19(21(14)22)16-9-2-4-10-17(16)23-13-7-6-12-20/h2-5,8-11,14,19H,6-7,12-13H2,1H3/q-1. The Morgan fingerprint density at radius 1 is 1.08 bits per heavy atom. The number of hydroxylamine groups is 2. The van der Waals surface area contributed by atoms with Crippen LogP contribution in [0, 0.1) is 5.21 Å². The lowest BCUT2D eigenvalue weighted by Crippen LogP contribution is -2.28. The van der Waals surface area contributed by atoms with E-state index < -0.39 is 0 Å². The summed E-state index contributed by atoms with van der Waals surface area (Å²) < 4.78 is 5.96. The number of hydrogen-bond acceptors (Lipinski definition) is 4. The predicted molar refractivity (Wildman–Crippen MR) is 104 cm³/mol. The number of hydrogen-bond donors (Lipinski definition) is 0. The zero-order valence-corrected chi connectivity index (χ0v) is 16.1. The molecule has 0 spiro atoms. The van der Waals surface area contributed by atoms with Crippen molar-refractivity contribution in [2.45, 2.75) is 36.1 Å². The van der Waals surface area contributed by atoms with Gasteiger partial charge in [-0.25, -0.2) is 0 Å². The van der Waals surface area contributed by atoms with Crippen LogP contribution in [0.1, 0.15) is 42.3 Å². The average Bonchev–Trinajstić information content (AvgIpc) is 2.62. The molecular formula is C19H21BrNO2S-. The molecule has 1 aliphatic heterocycles. The molecule has 0 saturated carbocycles. The first-order valence-corrected chi connectivity index (χ1v) is 10.2. The maximum absolute atomic E-state index is 12.9. The number of thioether (sulfide) groups is 1. The molecule has 2 aromatic carbocycles. The third kappa shape index (κ3) is 3.80. The Morgan fingerprint density at radius 2 is 1.79 bits per heavy atom. The number of para-hydroxylation sites is 1. The Labute approximate surface area is 156 Å². The summed E-state index contributed by atoms with van der Waals surface area (Å²) in [6.45, 7) is 2.64. The van der Waals surface area contributed by atoms with Crippen molar-refractivity contribution in [1.82, 2.24) is 5.06 Å². The molecule has 2 aromatic rings. The number of rotatable bonds is 6. The minimum absolute atomic E-state index is 0.158. The van der Waals surface area contributed by atoms with E-state index in [0.717, 1.165) is 35.0 Å². The molecule has 0 aliphatic carbocycles. The summed E-state index contributed by atoms with van der Waals surface area (Å²) >= 11 is 5.04. The van der Waals surface area contributed by atoms with Crippen LogP contribution < -0.4 is 4.74 Å². The van der Waals surface area contributed by atoms with Gasteiger partial charge in [-0.2, -0.15) is 0 Å².